The number of nitriles is 1. The van der Waals surface area contributed by atoms with Gasteiger partial charge in [0.05, 0.1) is 24.4 Å². The Morgan fingerprint density at radius 3 is 2.58 bits per heavy atom. The lowest BCUT2D eigenvalue weighted by atomic mass is 10.0. The van der Waals surface area contributed by atoms with E-state index in [9.17, 15) is 10.1 Å². The van der Waals surface area contributed by atoms with E-state index in [1.165, 1.54) is 0 Å². The van der Waals surface area contributed by atoms with Gasteiger partial charge in [-0.1, -0.05) is 23.7 Å². The van der Waals surface area contributed by atoms with Crippen LogP contribution in [0.1, 0.15) is 22.5 Å². The third-order valence-electron chi connectivity index (χ3n) is 5.81. The van der Waals surface area contributed by atoms with Crippen LogP contribution in [0.2, 0.25) is 5.02 Å². The average Bonchev–Trinajstić information content (AvgIpc) is 3.23. The average molecular weight is 501 g/mol. The molecule has 0 fully saturated rings. The number of carbonyl (C=O) groups is 1. The maximum Gasteiger partial charge on any atom is 0.323 e. The van der Waals surface area contributed by atoms with Crippen LogP contribution in [-0.2, 0) is 19.9 Å². The Kier molecular flexibility index (Phi) is 7.52. The molecule has 0 aliphatic rings. The van der Waals surface area contributed by atoms with Crippen molar-refractivity contribution in [1.29, 1.82) is 5.26 Å². The number of urea groups is 1. The molecule has 0 spiro atoms. The molecule has 182 valence electrons. The summed E-state index contributed by atoms with van der Waals surface area (Å²) >= 11 is 6.30. The van der Waals surface area contributed by atoms with Gasteiger partial charge in [-0.25, -0.2) is 4.79 Å². The summed E-state index contributed by atoms with van der Waals surface area (Å²) in [5.74, 6) is 2.07. The summed E-state index contributed by atoms with van der Waals surface area (Å²) in [5.41, 5.74) is 4.47. The van der Waals surface area contributed by atoms with Crippen molar-refractivity contribution < 1.29 is 9.53 Å². The molecule has 3 aromatic carbocycles. The summed E-state index contributed by atoms with van der Waals surface area (Å²) in [6.07, 6.45) is 1.17. The molecule has 0 atom stereocenters. The summed E-state index contributed by atoms with van der Waals surface area (Å²) < 4.78 is 7.23. The molecule has 1 aromatic heterocycles. The van der Waals surface area contributed by atoms with Gasteiger partial charge in [-0.15, -0.1) is 10.2 Å². The van der Waals surface area contributed by atoms with Gasteiger partial charge < -0.3 is 19.9 Å². The Bertz CT molecular complexity index is 1440. The summed E-state index contributed by atoms with van der Waals surface area (Å²) in [5, 5.41) is 24.2. The number of benzene rings is 3. The van der Waals surface area contributed by atoms with Crippen LogP contribution in [-0.4, -0.2) is 27.9 Å². The molecule has 0 radical (unpaired) electrons. The summed E-state index contributed by atoms with van der Waals surface area (Å²) in [4.78, 5) is 12.5. The molecule has 4 aromatic rings. The van der Waals surface area contributed by atoms with Crippen LogP contribution in [0.15, 0.2) is 60.7 Å². The van der Waals surface area contributed by atoms with E-state index in [2.05, 4.69) is 26.9 Å². The number of halogens is 1. The third kappa shape index (κ3) is 5.48. The molecule has 2 amide bonds. The van der Waals surface area contributed by atoms with Crippen molar-refractivity contribution in [2.45, 2.75) is 19.8 Å². The molecule has 1 heterocycles. The van der Waals surface area contributed by atoms with Crippen LogP contribution in [0, 0.1) is 18.3 Å². The zero-order valence-electron chi connectivity index (χ0n) is 20.2. The van der Waals surface area contributed by atoms with Gasteiger partial charge in [-0.2, -0.15) is 5.26 Å². The number of hydrogen-bond acceptors (Lipinski definition) is 5. The molecule has 9 heteroatoms. The number of hydrogen-bond donors (Lipinski definition) is 2. The smallest absolute Gasteiger partial charge is 0.323 e. The topological polar surface area (TPSA) is 105 Å². The van der Waals surface area contributed by atoms with Crippen molar-refractivity contribution in [3.05, 3.63) is 88.2 Å². The molecule has 0 aliphatic carbocycles. The molecule has 4 rings (SSSR count). The van der Waals surface area contributed by atoms with E-state index in [4.69, 9.17) is 16.3 Å². The molecular formula is C27H25ClN6O2. The highest BCUT2D eigenvalue weighted by molar-refractivity contribution is 6.31. The largest absolute Gasteiger partial charge is 0.495 e. The molecule has 8 nitrogen and oxygen atoms in total. The first-order chi connectivity index (χ1) is 17.4. The number of anilines is 2. The fraction of sp³-hybridized carbons (Fsp3) is 0.185. The van der Waals surface area contributed by atoms with Crippen LogP contribution in [0.3, 0.4) is 0 Å². The molecule has 0 unspecified atom stereocenters. The van der Waals surface area contributed by atoms with Gasteiger partial charge in [0, 0.05) is 29.7 Å². The number of nitrogens with one attached hydrogen (secondary N) is 2. The van der Waals surface area contributed by atoms with Crippen molar-refractivity contribution in [3.63, 3.8) is 0 Å². The Balaban J connectivity index is 1.42. The Labute approximate surface area is 214 Å². The van der Waals surface area contributed by atoms with E-state index in [0.717, 1.165) is 22.5 Å². The number of aromatic nitrogens is 3. The SMILES string of the molecule is COc1ccc(C)cc1NC(=O)Nc1ccc(-c2nnc(CCc3c(Cl)cccc3C#N)n2C)cc1. The highest BCUT2D eigenvalue weighted by Crippen LogP contribution is 2.26. The summed E-state index contributed by atoms with van der Waals surface area (Å²) in [6.45, 7) is 1.94. The molecule has 0 bridgehead atoms. The van der Waals surface area contributed by atoms with Crippen LogP contribution >= 0.6 is 11.6 Å². The van der Waals surface area contributed by atoms with Crippen LogP contribution in [0.4, 0.5) is 16.2 Å². The highest BCUT2D eigenvalue weighted by Gasteiger charge is 2.14. The normalized spacial score (nSPS) is 10.5. The van der Waals surface area contributed by atoms with E-state index in [-0.39, 0.29) is 6.03 Å². The molecule has 36 heavy (non-hydrogen) atoms. The van der Waals surface area contributed by atoms with Gasteiger partial charge in [0.2, 0.25) is 0 Å². The first-order valence-electron chi connectivity index (χ1n) is 11.3. The second-order valence-corrected chi connectivity index (χ2v) is 8.64. The van der Waals surface area contributed by atoms with Gasteiger partial charge in [0.15, 0.2) is 5.82 Å². The van der Waals surface area contributed by atoms with Gasteiger partial charge in [-0.05, 0) is 73.0 Å². The van der Waals surface area contributed by atoms with Crippen molar-refractivity contribution in [1.82, 2.24) is 14.8 Å². The van der Waals surface area contributed by atoms with Crippen molar-refractivity contribution in [3.8, 4) is 23.2 Å². The molecule has 0 aliphatic heterocycles. The lowest BCUT2D eigenvalue weighted by Crippen LogP contribution is -2.19. The number of aryl methyl sites for hydroxylation is 2. The van der Waals surface area contributed by atoms with Gasteiger partial charge >= 0.3 is 6.03 Å². The molecule has 0 saturated heterocycles. The van der Waals surface area contributed by atoms with Crippen LogP contribution in [0.5, 0.6) is 5.75 Å². The number of ether oxygens (including phenoxy) is 1. The zero-order valence-corrected chi connectivity index (χ0v) is 20.9. The van der Waals surface area contributed by atoms with Crippen molar-refractivity contribution >= 4 is 29.0 Å². The van der Waals surface area contributed by atoms with E-state index < -0.39 is 0 Å². The standard InChI is InChI=1S/C27H25ClN6O2/c1-17-7-13-24(36-3)23(15-17)31-27(35)30-20-10-8-18(9-11-20)26-33-32-25(34(26)2)14-12-21-19(16-29)5-4-6-22(21)28/h4-11,13,15H,12,14H2,1-3H3,(H2,30,31,35). The Morgan fingerprint density at radius 1 is 1.08 bits per heavy atom. The predicted molar refractivity (Wildman–Crippen MR) is 140 cm³/mol. The predicted octanol–water partition coefficient (Wildman–Crippen LogP) is 5.75. The Hall–Kier alpha value is -4.35. The fourth-order valence-electron chi connectivity index (χ4n) is 3.89. The van der Waals surface area contributed by atoms with E-state index in [1.54, 1.807) is 37.4 Å². The highest BCUT2D eigenvalue weighted by atomic mass is 35.5. The zero-order chi connectivity index (χ0) is 25.7. The number of amides is 2. The number of methoxy groups -OCH3 is 1. The van der Waals surface area contributed by atoms with Crippen LogP contribution in [0.25, 0.3) is 11.4 Å². The lowest BCUT2D eigenvalue weighted by Gasteiger charge is -2.12. The summed E-state index contributed by atoms with van der Waals surface area (Å²) in [7, 11) is 3.46. The van der Waals surface area contributed by atoms with Crippen molar-refractivity contribution in [2.24, 2.45) is 7.05 Å². The van der Waals surface area contributed by atoms with E-state index in [1.807, 2.05) is 48.9 Å². The maximum absolute atomic E-state index is 12.5. The first-order valence-corrected chi connectivity index (χ1v) is 11.7. The summed E-state index contributed by atoms with van der Waals surface area (Å²) in [6, 6.07) is 20.1. The minimum atomic E-state index is -0.371. The second-order valence-electron chi connectivity index (χ2n) is 8.24. The van der Waals surface area contributed by atoms with Gasteiger partial charge in [0.25, 0.3) is 0 Å². The monoisotopic (exact) mass is 500 g/mol. The van der Waals surface area contributed by atoms with Crippen LogP contribution < -0.4 is 15.4 Å². The number of carbonyl (C=O) groups excluding carboxylic acids is 1. The van der Waals surface area contributed by atoms with Crippen molar-refractivity contribution in [2.75, 3.05) is 17.7 Å². The number of rotatable bonds is 7. The minimum absolute atomic E-state index is 0.371. The molecular weight excluding hydrogens is 476 g/mol. The van der Waals surface area contributed by atoms with Gasteiger partial charge in [0.1, 0.15) is 11.6 Å². The van der Waals surface area contributed by atoms with Gasteiger partial charge in [-0.3, -0.25) is 0 Å². The quantitative estimate of drug-likeness (QED) is 0.336. The maximum atomic E-state index is 12.5. The second kappa shape index (κ2) is 10.9. The number of nitrogens with zero attached hydrogens (tertiary/aromatic N) is 4. The molecule has 2 N–H and O–H groups in total. The first kappa shape index (κ1) is 24.8. The van der Waals surface area contributed by atoms with E-state index in [0.29, 0.717) is 46.4 Å². The lowest BCUT2D eigenvalue weighted by molar-refractivity contribution is 0.262. The fourth-order valence-corrected chi connectivity index (χ4v) is 4.16. The van der Waals surface area contributed by atoms with E-state index >= 15 is 0 Å². The Morgan fingerprint density at radius 2 is 1.86 bits per heavy atom. The minimum Gasteiger partial charge on any atom is -0.495 e. The molecule has 0 saturated carbocycles. The third-order valence-corrected chi connectivity index (χ3v) is 6.16.